The minimum Gasteiger partial charge on any atom is -0.455 e. The Morgan fingerprint density at radius 2 is 1.77 bits per heavy atom. The fourth-order valence-electron chi connectivity index (χ4n) is 7.83. The summed E-state index contributed by atoms with van der Waals surface area (Å²) in [5.74, 6) is 0.246. The summed E-state index contributed by atoms with van der Waals surface area (Å²) in [7, 11) is 0. The smallest absolute Gasteiger partial charge is 0.306 e. The van der Waals surface area contributed by atoms with Crippen LogP contribution in [0.4, 0.5) is 0 Å². The Balaban J connectivity index is 1.44. The molecule has 0 unspecified atom stereocenters. The molecule has 4 N–H and O–H groups in total. The van der Waals surface area contributed by atoms with Crippen molar-refractivity contribution < 1.29 is 44.2 Å². The van der Waals surface area contributed by atoms with Crippen molar-refractivity contribution in [3.8, 4) is 0 Å². The number of aliphatic hydroxyl groups excluding tert-OH is 4. The molecule has 52 heavy (non-hydrogen) atoms. The minimum absolute atomic E-state index is 0.0167. The molecule has 0 aromatic carbocycles. The van der Waals surface area contributed by atoms with Gasteiger partial charge in [-0.15, -0.1) is 0 Å². The first kappa shape index (κ1) is 42.4. The highest BCUT2D eigenvalue weighted by atomic mass is 16.7. The van der Waals surface area contributed by atoms with Gasteiger partial charge in [-0.05, 0) is 102 Å². The zero-order valence-electron chi connectivity index (χ0n) is 32.1. The second-order valence-electron chi connectivity index (χ2n) is 16.0. The van der Waals surface area contributed by atoms with Gasteiger partial charge in [0.25, 0.3) is 0 Å². The van der Waals surface area contributed by atoms with Gasteiger partial charge in [0.05, 0.1) is 49.3 Å². The van der Waals surface area contributed by atoms with E-state index >= 15 is 0 Å². The molecule has 4 rings (SSSR count). The molecular formula is C43H66O9. The number of hydrogen-bond donors (Lipinski definition) is 4. The van der Waals surface area contributed by atoms with Gasteiger partial charge in [-0.25, -0.2) is 0 Å². The van der Waals surface area contributed by atoms with Gasteiger partial charge >= 0.3 is 5.97 Å². The third-order valence-electron chi connectivity index (χ3n) is 10.9. The van der Waals surface area contributed by atoms with E-state index in [1.165, 1.54) is 0 Å². The third kappa shape index (κ3) is 14.1. The maximum absolute atomic E-state index is 13.1. The topological polar surface area (TPSA) is 138 Å². The lowest BCUT2D eigenvalue weighted by Gasteiger charge is -2.25. The number of esters is 1. The molecule has 0 aliphatic carbocycles. The number of rotatable bonds is 6. The van der Waals surface area contributed by atoms with E-state index in [4.69, 9.17) is 18.9 Å². The van der Waals surface area contributed by atoms with Crippen LogP contribution in [-0.4, -0.2) is 94.0 Å². The van der Waals surface area contributed by atoms with Crippen LogP contribution in [0.2, 0.25) is 0 Å². The van der Waals surface area contributed by atoms with Gasteiger partial charge < -0.3 is 39.4 Å². The van der Waals surface area contributed by atoms with Crippen LogP contribution in [0, 0.1) is 17.8 Å². The molecule has 292 valence electrons. The van der Waals surface area contributed by atoms with E-state index in [9.17, 15) is 25.2 Å². The molecule has 4 aliphatic heterocycles. The number of hydrogen-bond acceptors (Lipinski definition) is 9. The van der Waals surface area contributed by atoms with Crippen LogP contribution in [0.1, 0.15) is 105 Å². The molecule has 9 nitrogen and oxygen atoms in total. The lowest BCUT2D eigenvalue weighted by molar-refractivity contribution is -0.147. The predicted molar refractivity (Wildman–Crippen MR) is 203 cm³/mol. The predicted octanol–water partition coefficient (Wildman–Crippen LogP) is 6.61. The number of ether oxygens (including phenoxy) is 4. The Kier molecular flexibility index (Phi) is 17.0. The molecule has 4 heterocycles. The van der Waals surface area contributed by atoms with Crippen LogP contribution in [0.3, 0.4) is 0 Å². The van der Waals surface area contributed by atoms with Crippen molar-refractivity contribution in [1.82, 2.24) is 0 Å². The van der Waals surface area contributed by atoms with E-state index in [0.29, 0.717) is 44.6 Å². The second kappa shape index (κ2) is 20.9. The molecule has 3 fully saturated rings. The Morgan fingerprint density at radius 1 is 1.02 bits per heavy atom. The van der Waals surface area contributed by atoms with Crippen molar-refractivity contribution in [1.29, 1.82) is 0 Å². The Morgan fingerprint density at radius 3 is 2.52 bits per heavy atom. The molecule has 0 amide bonds. The first-order chi connectivity index (χ1) is 24.8. The average molecular weight is 727 g/mol. The molecule has 0 aromatic heterocycles. The van der Waals surface area contributed by atoms with Crippen LogP contribution in [-0.2, 0) is 23.7 Å². The molecule has 3 saturated heterocycles. The monoisotopic (exact) mass is 726 g/mol. The van der Waals surface area contributed by atoms with E-state index in [1.807, 2.05) is 64.2 Å². The molecule has 4 aliphatic rings. The minimum atomic E-state index is -0.933. The molecule has 13 atom stereocenters. The summed E-state index contributed by atoms with van der Waals surface area (Å²) in [5, 5.41) is 42.9. The van der Waals surface area contributed by atoms with Crippen molar-refractivity contribution in [2.24, 2.45) is 17.8 Å². The van der Waals surface area contributed by atoms with E-state index in [1.54, 1.807) is 6.08 Å². The normalized spacial score (nSPS) is 39.4. The fourth-order valence-corrected chi connectivity index (χ4v) is 7.83. The Bertz CT molecular complexity index is 1300. The van der Waals surface area contributed by atoms with E-state index < -0.39 is 30.5 Å². The molecule has 0 radical (unpaired) electrons. The van der Waals surface area contributed by atoms with Crippen LogP contribution in [0.25, 0.3) is 0 Å². The van der Waals surface area contributed by atoms with Gasteiger partial charge in [0.2, 0.25) is 0 Å². The number of cyclic esters (lactones) is 1. The Hall–Kier alpha value is -2.37. The highest BCUT2D eigenvalue weighted by Crippen LogP contribution is 2.40. The maximum Gasteiger partial charge on any atom is 0.306 e. The second-order valence-corrected chi connectivity index (χ2v) is 16.0. The molecule has 0 aromatic rings. The summed E-state index contributed by atoms with van der Waals surface area (Å²) in [6.45, 7) is 14.7. The van der Waals surface area contributed by atoms with Crippen molar-refractivity contribution in [2.45, 2.75) is 166 Å². The highest BCUT2D eigenvalue weighted by Gasteiger charge is 2.53. The number of aliphatic hydroxyl groups is 4. The summed E-state index contributed by atoms with van der Waals surface area (Å²) in [6, 6.07) is 0. The number of allylic oxidation sites excluding steroid dienone is 7. The zero-order chi connectivity index (χ0) is 37.8. The SMILES string of the molecule is C=C1C[C@H](O)[C@H](O)C[C@@H]2CC[C@H](C[C@H]3CO[C@H](C3)[C@@H]3O[C@@H]3[C@H](/C=C(C)/C=C/[C@H](O)C[C@@H](C)/C=C/C)OC(=O)CC/C=C/C=C(\C)C[C@H](O)C[C@H]1C)O2. The van der Waals surface area contributed by atoms with Gasteiger partial charge in [0, 0.05) is 12.8 Å². The number of carbonyl (C=O) groups excluding carboxylic acids is 1. The van der Waals surface area contributed by atoms with Crippen LogP contribution in [0.15, 0.2) is 71.9 Å². The number of carbonyl (C=O) groups is 1. The number of fused-ring (bicyclic) bond motifs is 6. The average Bonchev–Trinajstić information content (AvgIpc) is 3.53. The van der Waals surface area contributed by atoms with Crippen LogP contribution in [0.5, 0.6) is 0 Å². The van der Waals surface area contributed by atoms with Crippen LogP contribution < -0.4 is 0 Å². The fraction of sp³-hybridized carbons (Fsp3) is 0.698. The molecular weight excluding hydrogens is 660 g/mol. The number of epoxide rings is 1. The van der Waals surface area contributed by atoms with Crippen molar-refractivity contribution >= 4 is 5.97 Å². The van der Waals surface area contributed by atoms with Crippen molar-refractivity contribution in [2.75, 3.05) is 6.61 Å². The van der Waals surface area contributed by atoms with Gasteiger partial charge in [0.1, 0.15) is 18.3 Å². The van der Waals surface area contributed by atoms with Crippen LogP contribution >= 0.6 is 0 Å². The lowest BCUT2D eigenvalue weighted by atomic mass is 9.88. The largest absolute Gasteiger partial charge is 0.455 e. The molecule has 0 spiro atoms. The molecule has 9 heteroatoms. The summed E-state index contributed by atoms with van der Waals surface area (Å²) in [5.41, 5.74) is 2.69. The summed E-state index contributed by atoms with van der Waals surface area (Å²) < 4.78 is 24.7. The van der Waals surface area contributed by atoms with Gasteiger partial charge in [-0.2, -0.15) is 0 Å². The quantitative estimate of drug-likeness (QED) is 0.103. The molecule has 4 bridgehead atoms. The van der Waals surface area contributed by atoms with Gasteiger partial charge in [0.15, 0.2) is 0 Å². The van der Waals surface area contributed by atoms with Crippen molar-refractivity contribution in [3.05, 3.63) is 71.9 Å². The Labute approximate surface area is 312 Å². The third-order valence-corrected chi connectivity index (χ3v) is 10.9. The summed E-state index contributed by atoms with van der Waals surface area (Å²) in [4.78, 5) is 13.1. The zero-order valence-corrected chi connectivity index (χ0v) is 32.1. The standard InChI is InChI=1S/C43H66O9/c1-7-11-27(2)18-33(44)15-14-29(4)20-40-43-42(52-43)39-24-32(26-49-39)23-35-16-17-36(50-35)25-38(47)37(46)22-31(6)30(5)21-34(45)19-28(3)12-9-8-10-13-41(48)51-40/h7-9,11-12,14-15,20,27,30,32-40,42-47H,6,10,13,16-19,21-26H2,1-5H3/b9-8+,11-7+,15-14+,28-12+,29-20+/t27-,30+,32+,33-,34-,35+,36-,37-,38+,39+,40-,42-,43+/m0/s1. The van der Waals surface area contributed by atoms with Gasteiger partial charge in [-0.3, -0.25) is 4.79 Å². The van der Waals surface area contributed by atoms with E-state index in [-0.39, 0.29) is 61.2 Å². The van der Waals surface area contributed by atoms with E-state index in [0.717, 1.165) is 42.4 Å². The lowest BCUT2D eigenvalue weighted by Crippen LogP contribution is -2.31. The van der Waals surface area contributed by atoms with Gasteiger partial charge in [-0.1, -0.05) is 79.7 Å². The maximum atomic E-state index is 13.1. The summed E-state index contributed by atoms with van der Waals surface area (Å²) in [6.07, 6.45) is 17.6. The first-order valence-corrected chi connectivity index (χ1v) is 19.6. The first-order valence-electron chi connectivity index (χ1n) is 19.6. The highest BCUT2D eigenvalue weighted by molar-refractivity contribution is 5.70. The molecule has 0 saturated carbocycles. The van der Waals surface area contributed by atoms with E-state index in [2.05, 4.69) is 19.6 Å². The summed E-state index contributed by atoms with van der Waals surface area (Å²) >= 11 is 0. The van der Waals surface area contributed by atoms with Crippen molar-refractivity contribution in [3.63, 3.8) is 0 Å².